The van der Waals surface area contributed by atoms with Gasteiger partial charge in [-0.3, -0.25) is 0 Å². The number of piperidine rings is 1. The number of rotatable bonds is 5. The van der Waals surface area contributed by atoms with Crippen LogP contribution in [0.25, 0.3) is 0 Å². The molecule has 1 amide bonds. The smallest absolute Gasteiger partial charge is 0.410 e. The summed E-state index contributed by atoms with van der Waals surface area (Å²) in [5.41, 5.74) is 0.885. The minimum atomic E-state index is -0.165. The van der Waals surface area contributed by atoms with Gasteiger partial charge in [0.1, 0.15) is 11.9 Å². The van der Waals surface area contributed by atoms with E-state index in [1.807, 2.05) is 43.0 Å². The number of para-hydroxylation sites is 2. The molecule has 2 heterocycles. The molecule has 0 spiro atoms. The van der Waals surface area contributed by atoms with Crippen LogP contribution in [-0.2, 0) is 4.74 Å². The summed E-state index contributed by atoms with van der Waals surface area (Å²) < 4.78 is 11.0. The number of nitrogens with one attached hydrogen (secondary N) is 1. The van der Waals surface area contributed by atoms with Crippen LogP contribution in [0.4, 0.5) is 10.5 Å². The van der Waals surface area contributed by atoms with Gasteiger partial charge in [0, 0.05) is 19.1 Å². The fraction of sp³-hybridized carbons (Fsp3) is 0.579. The fourth-order valence-corrected chi connectivity index (χ4v) is 3.77. The van der Waals surface area contributed by atoms with Crippen LogP contribution in [0, 0.1) is 0 Å². The lowest BCUT2D eigenvalue weighted by Gasteiger charge is -2.37. The summed E-state index contributed by atoms with van der Waals surface area (Å²) in [5, 5.41) is 4.00. The first-order chi connectivity index (χ1) is 12.6. The van der Waals surface area contributed by atoms with Gasteiger partial charge in [-0.25, -0.2) is 4.79 Å². The molecule has 6 nitrogen and oxygen atoms in total. The predicted molar refractivity (Wildman–Crippen MR) is 106 cm³/mol. The maximum Gasteiger partial charge on any atom is 0.410 e. The number of anilines is 1. The maximum absolute atomic E-state index is 12.0. The summed E-state index contributed by atoms with van der Waals surface area (Å²) >= 11 is 5.59. The van der Waals surface area contributed by atoms with Gasteiger partial charge in [-0.15, -0.1) is 0 Å². The highest BCUT2D eigenvalue weighted by molar-refractivity contribution is 7.80. The van der Waals surface area contributed by atoms with Crippen LogP contribution < -0.4 is 10.1 Å². The Morgan fingerprint density at radius 2 is 2.04 bits per heavy atom. The number of cyclic esters (lactones) is 1. The van der Waals surface area contributed by atoms with E-state index in [9.17, 15) is 4.79 Å². The van der Waals surface area contributed by atoms with Crippen LogP contribution in [0.3, 0.4) is 0 Å². The summed E-state index contributed by atoms with van der Waals surface area (Å²) in [6.45, 7) is 6.99. The van der Waals surface area contributed by atoms with Crippen molar-refractivity contribution in [2.75, 3.05) is 31.6 Å². The van der Waals surface area contributed by atoms with E-state index in [0.29, 0.717) is 18.3 Å². The highest BCUT2D eigenvalue weighted by Crippen LogP contribution is 2.26. The van der Waals surface area contributed by atoms with Gasteiger partial charge in [0.2, 0.25) is 0 Å². The van der Waals surface area contributed by atoms with Gasteiger partial charge in [0.05, 0.1) is 18.8 Å². The van der Waals surface area contributed by atoms with Crippen molar-refractivity contribution in [3.63, 3.8) is 0 Å². The molecule has 2 fully saturated rings. The summed E-state index contributed by atoms with van der Waals surface area (Å²) in [7, 11) is 0. The molecule has 1 aromatic carbocycles. The second kappa shape index (κ2) is 8.58. The van der Waals surface area contributed by atoms with Crippen molar-refractivity contribution in [3.8, 4) is 5.75 Å². The van der Waals surface area contributed by atoms with E-state index in [2.05, 4.69) is 10.2 Å². The molecule has 1 atom stereocenters. The van der Waals surface area contributed by atoms with Gasteiger partial charge in [-0.05, 0) is 50.5 Å². The first-order valence-electron chi connectivity index (χ1n) is 9.37. The van der Waals surface area contributed by atoms with Crippen molar-refractivity contribution in [1.82, 2.24) is 9.80 Å². The molecule has 0 saturated carbocycles. The highest BCUT2D eigenvalue weighted by Gasteiger charge is 2.36. The highest BCUT2D eigenvalue weighted by atomic mass is 32.1. The Morgan fingerprint density at radius 3 is 2.69 bits per heavy atom. The lowest BCUT2D eigenvalue weighted by molar-refractivity contribution is 0.119. The van der Waals surface area contributed by atoms with Gasteiger partial charge in [0.25, 0.3) is 0 Å². The van der Waals surface area contributed by atoms with Gasteiger partial charge in [0.15, 0.2) is 5.11 Å². The average Bonchev–Trinajstić information content (AvgIpc) is 3.04. The van der Waals surface area contributed by atoms with Crippen LogP contribution >= 0.6 is 12.2 Å². The molecular weight excluding hydrogens is 350 g/mol. The minimum absolute atomic E-state index is 0.0401. The van der Waals surface area contributed by atoms with Crippen LogP contribution in [0.5, 0.6) is 5.75 Å². The molecule has 2 aliphatic rings. The quantitative estimate of drug-likeness (QED) is 0.793. The molecular formula is C19H27N3O3S. The third-order valence-electron chi connectivity index (χ3n) is 4.98. The largest absolute Gasteiger partial charge is 0.492 e. The molecule has 2 aliphatic heterocycles. The number of benzene rings is 1. The number of hydrogen-bond donors (Lipinski definition) is 1. The van der Waals surface area contributed by atoms with Crippen molar-refractivity contribution in [1.29, 1.82) is 0 Å². The van der Waals surface area contributed by atoms with Crippen molar-refractivity contribution >= 4 is 29.1 Å². The molecule has 1 N–H and O–H groups in total. The standard InChI is InChI=1S/C19H27N3O3S/c1-3-15-13-22(19(23)25-15)14-9-11-21(12-10-14)18(26)20-16-7-5-6-8-17(16)24-4-2/h5-8,14-15H,3-4,9-13H2,1-2H3,(H,20,26). The minimum Gasteiger partial charge on any atom is -0.492 e. The van der Waals surface area contributed by atoms with Crippen molar-refractivity contribution in [2.45, 2.75) is 45.3 Å². The average molecular weight is 378 g/mol. The normalized spacial score (nSPS) is 20.8. The molecule has 1 aromatic rings. The topological polar surface area (TPSA) is 54.0 Å². The predicted octanol–water partition coefficient (Wildman–Crippen LogP) is 3.48. The summed E-state index contributed by atoms with van der Waals surface area (Å²) in [5.74, 6) is 0.803. The van der Waals surface area contributed by atoms with E-state index in [1.54, 1.807) is 0 Å². The van der Waals surface area contributed by atoms with E-state index < -0.39 is 0 Å². The van der Waals surface area contributed by atoms with Gasteiger partial charge >= 0.3 is 6.09 Å². The molecule has 26 heavy (non-hydrogen) atoms. The Bertz CT molecular complexity index is 647. The Balaban J connectivity index is 1.53. The number of hydrogen-bond acceptors (Lipinski definition) is 4. The zero-order valence-electron chi connectivity index (χ0n) is 15.4. The molecule has 0 aliphatic carbocycles. The third-order valence-corrected chi connectivity index (χ3v) is 5.34. The number of ether oxygens (including phenoxy) is 2. The Hall–Kier alpha value is -2.02. The zero-order chi connectivity index (χ0) is 18.5. The van der Waals surface area contributed by atoms with Crippen molar-refractivity contribution in [3.05, 3.63) is 24.3 Å². The van der Waals surface area contributed by atoms with Crippen LogP contribution in [0.1, 0.15) is 33.1 Å². The third kappa shape index (κ3) is 4.20. The molecule has 0 bridgehead atoms. The van der Waals surface area contributed by atoms with E-state index >= 15 is 0 Å². The second-order valence-electron chi connectivity index (χ2n) is 6.64. The van der Waals surface area contributed by atoms with Crippen molar-refractivity contribution < 1.29 is 14.3 Å². The summed E-state index contributed by atoms with van der Waals surface area (Å²) in [4.78, 5) is 16.1. The zero-order valence-corrected chi connectivity index (χ0v) is 16.3. The second-order valence-corrected chi connectivity index (χ2v) is 7.03. The lowest BCUT2D eigenvalue weighted by atomic mass is 10.0. The van der Waals surface area contributed by atoms with Crippen molar-refractivity contribution in [2.24, 2.45) is 0 Å². The first-order valence-corrected chi connectivity index (χ1v) is 9.78. The van der Waals surface area contributed by atoms with Crippen LogP contribution in [-0.4, -0.2) is 59.4 Å². The number of carbonyl (C=O) groups excluding carboxylic acids is 1. The van der Waals surface area contributed by atoms with Gasteiger partial charge in [-0.2, -0.15) is 0 Å². The number of likely N-dealkylation sites (tertiary alicyclic amines) is 1. The van der Waals surface area contributed by atoms with E-state index in [-0.39, 0.29) is 18.2 Å². The first kappa shape index (κ1) is 18.8. The van der Waals surface area contributed by atoms with Gasteiger partial charge < -0.3 is 24.6 Å². The molecule has 1 unspecified atom stereocenters. The molecule has 3 rings (SSSR count). The number of thiocarbonyl (C=S) groups is 1. The Kier molecular flexibility index (Phi) is 6.19. The SMILES string of the molecule is CCOc1ccccc1NC(=S)N1CCC(N2CC(CC)OC2=O)CC1. The maximum atomic E-state index is 12.0. The van der Waals surface area contributed by atoms with Crippen LogP contribution in [0.2, 0.25) is 0 Å². The fourth-order valence-electron chi connectivity index (χ4n) is 3.48. The van der Waals surface area contributed by atoms with Crippen LogP contribution in [0.15, 0.2) is 24.3 Å². The molecule has 2 saturated heterocycles. The lowest BCUT2D eigenvalue weighted by Crippen LogP contribution is -2.48. The summed E-state index contributed by atoms with van der Waals surface area (Å²) in [6, 6.07) is 8.06. The van der Waals surface area contributed by atoms with E-state index in [1.165, 1.54) is 0 Å². The monoisotopic (exact) mass is 377 g/mol. The molecule has 0 radical (unpaired) electrons. The number of amides is 1. The van der Waals surface area contributed by atoms with E-state index in [4.69, 9.17) is 21.7 Å². The Labute approximate surface area is 160 Å². The molecule has 7 heteroatoms. The van der Waals surface area contributed by atoms with Gasteiger partial charge in [-0.1, -0.05) is 19.1 Å². The summed E-state index contributed by atoms with van der Waals surface area (Å²) in [6.07, 6.45) is 2.55. The number of carbonyl (C=O) groups is 1. The van der Waals surface area contributed by atoms with E-state index in [0.717, 1.165) is 43.8 Å². The number of nitrogens with zero attached hydrogens (tertiary/aromatic N) is 2. The molecule has 0 aromatic heterocycles. The Morgan fingerprint density at radius 1 is 1.31 bits per heavy atom. The molecule has 142 valence electrons.